The standard InChI is InChI=1S/C23H24N4O3S/c1-16-6-10-19(11-7-16)27-21-5-2-4-20(21)22(25-27)23(28)24-17-8-12-18(13-9-17)26-14-3-15-31(26,29)30/h6-13H,2-5,14-15H2,1H3,(H,24,28). The van der Waals surface area contributed by atoms with Crippen LogP contribution in [0.25, 0.3) is 5.69 Å². The van der Waals surface area contributed by atoms with Crippen LogP contribution in [0.4, 0.5) is 11.4 Å². The number of carbonyl (C=O) groups excluding carboxylic acids is 1. The highest BCUT2D eigenvalue weighted by Gasteiger charge is 2.29. The number of aromatic nitrogens is 2. The number of sulfonamides is 1. The molecule has 0 spiro atoms. The second kappa shape index (κ2) is 7.53. The van der Waals surface area contributed by atoms with Gasteiger partial charge in [-0.3, -0.25) is 9.10 Å². The van der Waals surface area contributed by atoms with Gasteiger partial charge in [-0.2, -0.15) is 5.10 Å². The van der Waals surface area contributed by atoms with Crippen LogP contribution in [-0.2, 0) is 22.9 Å². The molecule has 160 valence electrons. The molecule has 0 unspecified atom stereocenters. The predicted molar refractivity (Wildman–Crippen MR) is 120 cm³/mol. The zero-order valence-corrected chi connectivity index (χ0v) is 18.2. The van der Waals surface area contributed by atoms with Gasteiger partial charge in [0.2, 0.25) is 10.0 Å². The Hall–Kier alpha value is -3.13. The van der Waals surface area contributed by atoms with Crippen molar-refractivity contribution in [2.75, 3.05) is 21.9 Å². The Kier molecular flexibility index (Phi) is 4.81. The third kappa shape index (κ3) is 3.61. The van der Waals surface area contributed by atoms with Gasteiger partial charge in [0.1, 0.15) is 0 Å². The number of hydrogen-bond donors (Lipinski definition) is 1. The first-order valence-electron chi connectivity index (χ1n) is 10.5. The molecule has 1 N–H and O–H groups in total. The average Bonchev–Trinajstić information content (AvgIpc) is 3.44. The summed E-state index contributed by atoms with van der Waals surface area (Å²) >= 11 is 0. The fourth-order valence-corrected chi connectivity index (χ4v) is 5.91. The molecule has 3 aromatic rings. The molecule has 0 saturated carbocycles. The summed E-state index contributed by atoms with van der Waals surface area (Å²) in [6.45, 7) is 2.54. The third-order valence-electron chi connectivity index (χ3n) is 5.94. The zero-order valence-electron chi connectivity index (χ0n) is 17.3. The van der Waals surface area contributed by atoms with E-state index in [1.54, 1.807) is 24.3 Å². The van der Waals surface area contributed by atoms with Crippen LogP contribution in [0, 0.1) is 6.92 Å². The van der Waals surface area contributed by atoms with Crippen LogP contribution in [0.5, 0.6) is 0 Å². The molecule has 1 aliphatic heterocycles. The number of rotatable bonds is 4. The molecule has 1 fully saturated rings. The molecule has 31 heavy (non-hydrogen) atoms. The van der Waals surface area contributed by atoms with E-state index in [9.17, 15) is 13.2 Å². The highest BCUT2D eigenvalue weighted by atomic mass is 32.2. The molecule has 1 saturated heterocycles. The van der Waals surface area contributed by atoms with Crippen molar-refractivity contribution in [3.05, 3.63) is 71.0 Å². The number of aryl methyl sites for hydroxylation is 1. The minimum atomic E-state index is -3.22. The van der Waals surface area contributed by atoms with Crippen molar-refractivity contribution in [2.45, 2.75) is 32.6 Å². The van der Waals surface area contributed by atoms with Gasteiger partial charge in [-0.1, -0.05) is 17.7 Å². The average molecular weight is 437 g/mol. The minimum Gasteiger partial charge on any atom is -0.321 e. The highest BCUT2D eigenvalue weighted by molar-refractivity contribution is 7.93. The lowest BCUT2D eigenvalue weighted by atomic mass is 10.2. The second-order valence-electron chi connectivity index (χ2n) is 8.12. The quantitative estimate of drug-likeness (QED) is 0.679. The van der Waals surface area contributed by atoms with Crippen LogP contribution in [0.3, 0.4) is 0 Å². The molecule has 0 atom stereocenters. The van der Waals surface area contributed by atoms with Crippen molar-refractivity contribution < 1.29 is 13.2 Å². The normalized spacial score (nSPS) is 17.0. The third-order valence-corrected chi connectivity index (χ3v) is 7.81. The van der Waals surface area contributed by atoms with Crippen molar-refractivity contribution in [2.24, 2.45) is 0 Å². The fraction of sp³-hybridized carbons (Fsp3) is 0.304. The summed E-state index contributed by atoms with van der Waals surface area (Å²) in [5.41, 5.74) is 5.94. The van der Waals surface area contributed by atoms with Crippen molar-refractivity contribution in [1.82, 2.24) is 9.78 Å². The van der Waals surface area contributed by atoms with Crippen molar-refractivity contribution in [1.29, 1.82) is 0 Å². The number of hydrogen-bond acceptors (Lipinski definition) is 4. The van der Waals surface area contributed by atoms with E-state index in [0.29, 0.717) is 30.0 Å². The number of benzene rings is 2. The van der Waals surface area contributed by atoms with E-state index in [1.807, 2.05) is 35.9 Å². The predicted octanol–water partition coefficient (Wildman–Crippen LogP) is 3.46. The lowest BCUT2D eigenvalue weighted by Crippen LogP contribution is -2.25. The molecule has 0 bridgehead atoms. The molecule has 2 aliphatic rings. The highest BCUT2D eigenvalue weighted by Crippen LogP contribution is 2.29. The number of carbonyl (C=O) groups is 1. The molecule has 5 rings (SSSR count). The van der Waals surface area contributed by atoms with Crippen molar-refractivity contribution in [3.63, 3.8) is 0 Å². The van der Waals surface area contributed by atoms with Crippen molar-refractivity contribution in [3.8, 4) is 5.69 Å². The van der Waals surface area contributed by atoms with Gasteiger partial charge in [-0.25, -0.2) is 13.1 Å². The summed E-state index contributed by atoms with van der Waals surface area (Å²) in [6, 6.07) is 15.1. The van der Waals surface area contributed by atoms with Crippen LogP contribution in [0.1, 0.15) is 40.2 Å². The summed E-state index contributed by atoms with van der Waals surface area (Å²) in [4.78, 5) is 13.0. The minimum absolute atomic E-state index is 0.181. The summed E-state index contributed by atoms with van der Waals surface area (Å²) < 4.78 is 27.5. The largest absolute Gasteiger partial charge is 0.321 e. The van der Waals surface area contributed by atoms with Crippen LogP contribution >= 0.6 is 0 Å². The van der Waals surface area contributed by atoms with Gasteiger partial charge in [0, 0.05) is 23.5 Å². The number of amides is 1. The molecular weight excluding hydrogens is 412 g/mol. The number of nitrogens with zero attached hydrogens (tertiary/aromatic N) is 3. The Morgan fingerprint density at radius 3 is 2.35 bits per heavy atom. The Labute approximate surface area is 181 Å². The Morgan fingerprint density at radius 1 is 0.968 bits per heavy atom. The Bertz CT molecular complexity index is 1250. The maximum atomic E-state index is 13.0. The molecule has 7 nitrogen and oxygen atoms in total. The zero-order chi connectivity index (χ0) is 21.6. The molecule has 2 heterocycles. The maximum Gasteiger partial charge on any atom is 0.276 e. The van der Waals surface area contributed by atoms with Gasteiger partial charge in [0.05, 0.1) is 17.1 Å². The van der Waals surface area contributed by atoms with E-state index in [2.05, 4.69) is 10.4 Å². The molecule has 2 aromatic carbocycles. The fourth-order valence-electron chi connectivity index (χ4n) is 4.35. The Morgan fingerprint density at radius 2 is 1.68 bits per heavy atom. The van der Waals surface area contributed by atoms with Crippen LogP contribution in [0.2, 0.25) is 0 Å². The molecule has 1 amide bonds. The smallest absolute Gasteiger partial charge is 0.276 e. The lowest BCUT2D eigenvalue weighted by Gasteiger charge is -2.17. The van der Waals surface area contributed by atoms with Gasteiger partial charge < -0.3 is 5.32 Å². The first-order chi connectivity index (χ1) is 14.9. The molecule has 1 aromatic heterocycles. The summed E-state index contributed by atoms with van der Waals surface area (Å²) in [7, 11) is -3.22. The van der Waals surface area contributed by atoms with Crippen LogP contribution in [-0.4, -0.2) is 36.4 Å². The van der Waals surface area contributed by atoms with Gasteiger partial charge in [0.15, 0.2) is 5.69 Å². The van der Waals surface area contributed by atoms with Gasteiger partial charge >= 0.3 is 0 Å². The van der Waals surface area contributed by atoms with E-state index in [1.165, 1.54) is 9.87 Å². The van der Waals surface area contributed by atoms with Crippen molar-refractivity contribution >= 4 is 27.3 Å². The number of fused-ring (bicyclic) bond motifs is 1. The van der Waals surface area contributed by atoms with E-state index >= 15 is 0 Å². The van der Waals surface area contributed by atoms with Gasteiger partial charge in [0.25, 0.3) is 5.91 Å². The lowest BCUT2D eigenvalue weighted by molar-refractivity contribution is 0.102. The van der Waals surface area contributed by atoms with Crippen LogP contribution < -0.4 is 9.62 Å². The molecular formula is C23H24N4O3S. The van der Waals surface area contributed by atoms with Crippen LogP contribution in [0.15, 0.2) is 48.5 Å². The number of anilines is 2. The summed E-state index contributed by atoms with van der Waals surface area (Å²) in [5, 5.41) is 7.56. The van der Waals surface area contributed by atoms with Gasteiger partial charge in [-0.05, 0) is 69.0 Å². The summed E-state index contributed by atoms with van der Waals surface area (Å²) in [5.74, 6) is -0.0641. The van der Waals surface area contributed by atoms with E-state index in [0.717, 1.165) is 36.2 Å². The molecule has 1 aliphatic carbocycles. The summed E-state index contributed by atoms with van der Waals surface area (Å²) in [6.07, 6.45) is 3.39. The monoisotopic (exact) mass is 436 g/mol. The molecule has 8 heteroatoms. The Balaban J connectivity index is 1.39. The first-order valence-corrected chi connectivity index (χ1v) is 12.1. The van der Waals surface area contributed by atoms with E-state index in [4.69, 9.17) is 0 Å². The SMILES string of the molecule is Cc1ccc(-n2nc(C(=O)Nc3ccc(N4CCCS4(=O)=O)cc3)c3c2CCC3)cc1. The second-order valence-corrected chi connectivity index (χ2v) is 10.1. The van der Waals surface area contributed by atoms with Gasteiger partial charge in [-0.15, -0.1) is 0 Å². The first kappa shape index (κ1) is 19.8. The van der Waals surface area contributed by atoms with E-state index in [-0.39, 0.29) is 11.7 Å². The van der Waals surface area contributed by atoms with E-state index < -0.39 is 10.0 Å². The maximum absolute atomic E-state index is 13.0. The number of nitrogens with one attached hydrogen (secondary N) is 1. The molecule has 0 radical (unpaired) electrons. The topological polar surface area (TPSA) is 84.3 Å².